The molecule has 0 aliphatic heterocycles. The molecule has 0 unspecified atom stereocenters. The van der Waals surface area contributed by atoms with Crippen LogP contribution in [0.2, 0.25) is 0 Å². The molecule has 21 heavy (non-hydrogen) atoms. The minimum atomic E-state index is -4.61. The number of nitrogens with two attached hydrogens (primary N) is 1. The van der Waals surface area contributed by atoms with Gasteiger partial charge in [0.25, 0.3) is 5.91 Å². The number of amides is 1. The van der Waals surface area contributed by atoms with Gasteiger partial charge in [0.05, 0.1) is 17.4 Å². The van der Waals surface area contributed by atoms with E-state index in [0.29, 0.717) is 5.56 Å². The summed E-state index contributed by atoms with van der Waals surface area (Å²) in [6.07, 6.45) is -1.53. The Kier molecular flexibility index (Phi) is 4.13. The van der Waals surface area contributed by atoms with Crippen LogP contribution in [0.4, 0.5) is 18.9 Å². The third kappa shape index (κ3) is 3.51. The third-order valence-electron chi connectivity index (χ3n) is 2.75. The molecule has 2 aromatic rings. The minimum Gasteiger partial charge on any atom is -0.348 e. The maximum absolute atomic E-state index is 12.8. The Labute approximate surface area is 117 Å². The van der Waals surface area contributed by atoms with Crippen molar-refractivity contribution in [2.24, 2.45) is 5.84 Å². The fourth-order valence-corrected chi connectivity index (χ4v) is 1.70. The van der Waals surface area contributed by atoms with Crippen LogP contribution in [0.25, 0.3) is 0 Å². The van der Waals surface area contributed by atoms with E-state index in [4.69, 9.17) is 5.84 Å². The van der Waals surface area contributed by atoms with Crippen molar-refractivity contribution < 1.29 is 18.0 Å². The molecule has 0 bridgehead atoms. The number of aromatic nitrogens is 2. The first-order chi connectivity index (χ1) is 9.91. The number of nitrogens with one attached hydrogen (secondary N) is 3. The molecule has 0 atom stereocenters. The molecule has 112 valence electrons. The number of nitrogen functional groups attached to an aromatic ring is 1. The lowest BCUT2D eigenvalue weighted by atomic mass is 10.1. The summed E-state index contributed by atoms with van der Waals surface area (Å²) >= 11 is 0. The van der Waals surface area contributed by atoms with Gasteiger partial charge < -0.3 is 10.7 Å². The number of hydrazine groups is 1. The van der Waals surface area contributed by atoms with E-state index >= 15 is 0 Å². The minimum absolute atomic E-state index is 0.107. The smallest absolute Gasteiger partial charge is 0.348 e. The van der Waals surface area contributed by atoms with Gasteiger partial charge in [0.15, 0.2) is 0 Å². The van der Waals surface area contributed by atoms with Crippen LogP contribution in [-0.4, -0.2) is 16.1 Å². The number of halogens is 3. The Hall–Kier alpha value is -2.55. The largest absolute Gasteiger partial charge is 0.418 e. The van der Waals surface area contributed by atoms with Crippen molar-refractivity contribution in [2.75, 3.05) is 5.43 Å². The maximum Gasteiger partial charge on any atom is 0.418 e. The Bertz CT molecular complexity index is 624. The molecule has 0 saturated carbocycles. The van der Waals surface area contributed by atoms with Crippen molar-refractivity contribution in [3.8, 4) is 0 Å². The molecule has 0 saturated heterocycles. The molecule has 0 radical (unpaired) electrons. The van der Waals surface area contributed by atoms with Crippen molar-refractivity contribution in [2.45, 2.75) is 12.7 Å². The molecule has 1 amide bonds. The van der Waals surface area contributed by atoms with Crippen LogP contribution >= 0.6 is 0 Å². The number of hydrogen-bond acceptors (Lipinski definition) is 4. The molecular weight excluding hydrogens is 287 g/mol. The van der Waals surface area contributed by atoms with Gasteiger partial charge in [-0.25, -0.2) is 0 Å². The summed E-state index contributed by atoms with van der Waals surface area (Å²) in [4.78, 5) is 11.9. The number of nitrogens with zero attached hydrogens (tertiary/aromatic N) is 1. The van der Waals surface area contributed by atoms with Gasteiger partial charge in [-0.3, -0.25) is 15.7 Å². The van der Waals surface area contributed by atoms with Gasteiger partial charge >= 0.3 is 6.18 Å². The monoisotopic (exact) mass is 299 g/mol. The number of H-pyrrole nitrogens is 1. The predicted octanol–water partition coefficient (Wildman–Crippen LogP) is 1.64. The predicted molar refractivity (Wildman–Crippen MR) is 69.0 cm³/mol. The molecule has 6 nitrogen and oxygen atoms in total. The third-order valence-corrected chi connectivity index (χ3v) is 2.75. The van der Waals surface area contributed by atoms with Crippen LogP contribution in [0.1, 0.15) is 21.5 Å². The van der Waals surface area contributed by atoms with Crippen molar-refractivity contribution in [1.29, 1.82) is 0 Å². The lowest BCUT2D eigenvalue weighted by Crippen LogP contribution is -2.23. The molecular formula is C12H12F3N5O. The second-order valence-electron chi connectivity index (χ2n) is 4.19. The number of rotatable bonds is 4. The number of carbonyl (C=O) groups excluding carboxylic acids is 1. The zero-order chi connectivity index (χ0) is 15.5. The van der Waals surface area contributed by atoms with Crippen LogP contribution in [0.3, 0.4) is 0 Å². The molecule has 0 fully saturated rings. The molecule has 2 rings (SSSR count). The first kappa shape index (κ1) is 14.9. The summed E-state index contributed by atoms with van der Waals surface area (Å²) in [5.41, 5.74) is 1.26. The lowest BCUT2D eigenvalue weighted by Gasteiger charge is -2.13. The first-order valence-electron chi connectivity index (χ1n) is 5.85. The average Bonchev–Trinajstić information content (AvgIpc) is 2.96. The highest BCUT2D eigenvalue weighted by Crippen LogP contribution is 2.35. The summed E-state index contributed by atoms with van der Waals surface area (Å²) in [5.74, 6) is 4.42. The Morgan fingerprint density at radius 3 is 2.71 bits per heavy atom. The molecule has 0 aliphatic rings. The van der Waals surface area contributed by atoms with Crippen molar-refractivity contribution >= 4 is 11.6 Å². The van der Waals surface area contributed by atoms with Crippen LogP contribution in [0.5, 0.6) is 0 Å². The van der Waals surface area contributed by atoms with E-state index in [-0.39, 0.29) is 17.8 Å². The summed E-state index contributed by atoms with van der Waals surface area (Å²) < 4.78 is 38.5. The van der Waals surface area contributed by atoms with E-state index in [0.717, 1.165) is 12.1 Å². The highest BCUT2D eigenvalue weighted by Gasteiger charge is 2.34. The first-order valence-corrected chi connectivity index (χ1v) is 5.85. The second-order valence-corrected chi connectivity index (χ2v) is 4.19. The summed E-state index contributed by atoms with van der Waals surface area (Å²) in [5, 5.41) is 8.76. The normalized spacial score (nSPS) is 11.2. The number of benzene rings is 1. The summed E-state index contributed by atoms with van der Waals surface area (Å²) in [6.45, 7) is 0.160. The van der Waals surface area contributed by atoms with Gasteiger partial charge in [-0.1, -0.05) is 0 Å². The SMILES string of the molecule is NNc1ccc(C(=O)NCc2cn[nH]c2)cc1C(F)(F)F. The molecule has 1 aromatic carbocycles. The number of anilines is 1. The zero-order valence-corrected chi connectivity index (χ0v) is 10.7. The molecule has 9 heteroatoms. The molecule has 0 aliphatic carbocycles. The quantitative estimate of drug-likeness (QED) is 0.510. The van der Waals surface area contributed by atoms with Crippen molar-refractivity contribution in [1.82, 2.24) is 15.5 Å². The Balaban J connectivity index is 2.17. The van der Waals surface area contributed by atoms with E-state index < -0.39 is 17.6 Å². The van der Waals surface area contributed by atoms with E-state index in [1.165, 1.54) is 12.3 Å². The summed E-state index contributed by atoms with van der Waals surface area (Å²) in [7, 11) is 0. The number of alkyl halides is 3. The topological polar surface area (TPSA) is 95.8 Å². The number of carbonyl (C=O) groups is 1. The zero-order valence-electron chi connectivity index (χ0n) is 10.7. The molecule has 5 N–H and O–H groups in total. The van der Waals surface area contributed by atoms with Crippen molar-refractivity contribution in [3.63, 3.8) is 0 Å². The van der Waals surface area contributed by atoms with Crippen LogP contribution in [0, 0.1) is 0 Å². The van der Waals surface area contributed by atoms with Crippen LogP contribution in [-0.2, 0) is 12.7 Å². The van der Waals surface area contributed by atoms with Crippen molar-refractivity contribution in [3.05, 3.63) is 47.3 Å². The Morgan fingerprint density at radius 1 is 1.38 bits per heavy atom. The van der Waals surface area contributed by atoms with E-state index in [1.54, 1.807) is 6.20 Å². The van der Waals surface area contributed by atoms with Gasteiger partial charge in [-0.2, -0.15) is 18.3 Å². The standard InChI is InChI=1S/C12H12F3N5O/c13-12(14,15)9-3-8(1-2-10(9)20-16)11(21)17-4-7-5-18-19-6-7/h1-3,5-6,20H,4,16H2,(H,17,21)(H,18,19). The van der Waals surface area contributed by atoms with Gasteiger partial charge in [0.1, 0.15) is 0 Å². The van der Waals surface area contributed by atoms with Crippen LogP contribution in [0.15, 0.2) is 30.6 Å². The van der Waals surface area contributed by atoms with Gasteiger partial charge in [0.2, 0.25) is 0 Å². The Morgan fingerprint density at radius 2 is 2.14 bits per heavy atom. The number of hydrogen-bond donors (Lipinski definition) is 4. The molecule has 1 aromatic heterocycles. The van der Waals surface area contributed by atoms with E-state index in [2.05, 4.69) is 15.5 Å². The van der Waals surface area contributed by atoms with Gasteiger partial charge in [0, 0.05) is 23.9 Å². The van der Waals surface area contributed by atoms with E-state index in [1.807, 2.05) is 5.43 Å². The summed E-state index contributed by atoms with van der Waals surface area (Å²) in [6, 6.07) is 3.12. The van der Waals surface area contributed by atoms with Gasteiger partial charge in [-0.15, -0.1) is 0 Å². The highest BCUT2D eigenvalue weighted by atomic mass is 19.4. The van der Waals surface area contributed by atoms with Gasteiger partial charge in [-0.05, 0) is 18.2 Å². The fraction of sp³-hybridized carbons (Fsp3) is 0.167. The fourth-order valence-electron chi connectivity index (χ4n) is 1.70. The number of aromatic amines is 1. The highest BCUT2D eigenvalue weighted by molar-refractivity contribution is 5.94. The van der Waals surface area contributed by atoms with E-state index in [9.17, 15) is 18.0 Å². The molecule has 1 heterocycles. The maximum atomic E-state index is 12.8. The van der Waals surface area contributed by atoms with Crippen LogP contribution < -0.4 is 16.6 Å². The second kappa shape index (κ2) is 5.83. The molecule has 0 spiro atoms. The lowest BCUT2D eigenvalue weighted by molar-refractivity contribution is -0.137. The average molecular weight is 299 g/mol.